The molecular weight excluding hydrogens is 348 g/mol. The number of rotatable bonds is 7. The molecule has 8 heteroatoms. The van der Waals surface area contributed by atoms with Gasteiger partial charge in [0.25, 0.3) is 5.91 Å². The van der Waals surface area contributed by atoms with E-state index in [9.17, 15) is 14.4 Å². The van der Waals surface area contributed by atoms with Gasteiger partial charge in [-0.3, -0.25) is 14.4 Å². The quantitative estimate of drug-likeness (QED) is 0.378. The molecule has 0 bridgehead atoms. The molecule has 0 heterocycles. The van der Waals surface area contributed by atoms with Crippen molar-refractivity contribution in [2.24, 2.45) is 10.8 Å². The molecule has 4 N–H and O–H groups in total. The fraction of sp³-hybridized carbons (Fsp3) is 0.158. The van der Waals surface area contributed by atoms with Crippen molar-refractivity contribution in [1.82, 2.24) is 10.7 Å². The first-order valence-corrected chi connectivity index (χ1v) is 8.13. The summed E-state index contributed by atoms with van der Waals surface area (Å²) >= 11 is 0. The topological polar surface area (TPSA) is 123 Å². The SMILES string of the molecule is C/C(=N\NC(=O)C(=O)NCc1ccccc1)c1ccc(OCC(N)=O)cc1. The molecule has 2 aromatic rings. The molecule has 8 nitrogen and oxygen atoms in total. The summed E-state index contributed by atoms with van der Waals surface area (Å²) in [6.45, 7) is 1.73. The second-order valence-electron chi connectivity index (χ2n) is 5.59. The minimum Gasteiger partial charge on any atom is -0.484 e. The summed E-state index contributed by atoms with van der Waals surface area (Å²) in [5.74, 6) is -1.71. The van der Waals surface area contributed by atoms with Gasteiger partial charge in [0.1, 0.15) is 5.75 Å². The van der Waals surface area contributed by atoms with E-state index >= 15 is 0 Å². The Labute approximate surface area is 156 Å². The van der Waals surface area contributed by atoms with Crippen molar-refractivity contribution < 1.29 is 19.1 Å². The molecular formula is C19H20N4O4. The maximum atomic E-state index is 11.8. The van der Waals surface area contributed by atoms with Crippen LogP contribution in [0.4, 0.5) is 0 Å². The Morgan fingerprint density at radius 2 is 1.67 bits per heavy atom. The molecule has 0 fully saturated rings. The van der Waals surface area contributed by atoms with Crippen LogP contribution in [-0.2, 0) is 20.9 Å². The third-order valence-corrected chi connectivity index (χ3v) is 3.48. The maximum absolute atomic E-state index is 11.8. The summed E-state index contributed by atoms with van der Waals surface area (Å²) in [6, 6.07) is 15.9. The predicted octanol–water partition coefficient (Wildman–Crippen LogP) is 0.707. The Morgan fingerprint density at radius 3 is 2.30 bits per heavy atom. The van der Waals surface area contributed by atoms with Gasteiger partial charge in [-0.15, -0.1) is 0 Å². The van der Waals surface area contributed by atoms with Gasteiger partial charge in [-0.2, -0.15) is 5.10 Å². The summed E-state index contributed by atoms with van der Waals surface area (Å²) in [5, 5.41) is 6.43. The molecule has 0 aliphatic rings. The lowest BCUT2D eigenvalue weighted by molar-refractivity contribution is -0.139. The van der Waals surface area contributed by atoms with Gasteiger partial charge in [-0.25, -0.2) is 5.43 Å². The Morgan fingerprint density at radius 1 is 1.00 bits per heavy atom. The van der Waals surface area contributed by atoms with Crippen molar-refractivity contribution >= 4 is 23.4 Å². The van der Waals surface area contributed by atoms with Gasteiger partial charge in [0.15, 0.2) is 6.61 Å². The van der Waals surface area contributed by atoms with Crippen LogP contribution in [0.25, 0.3) is 0 Å². The number of hydrazone groups is 1. The fourth-order valence-electron chi connectivity index (χ4n) is 2.06. The zero-order valence-electron chi connectivity index (χ0n) is 14.8. The Bertz CT molecular complexity index is 833. The Balaban J connectivity index is 1.85. The van der Waals surface area contributed by atoms with Crippen LogP contribution >= 0.6 is 0 Å². The van der Waals surface area contributed by atoms with Gasteiger partial charge in [0, 0.05) is 6.54 Å². The van der Waals surface area contributed by atoms with Gasteiger partial charge in [0.2, 0.25) is 0 Å². The van der Waals surface area contributed by atoms with E-state index in [1.54, 1.807) is 31.2 Å². The molecule has 27 heavy (non-hydrogen) atoms. The van der Waals surface area contributed by atoms with Crippen LogP contribution in [0.2, 0.25) is 0 Å². The van der Waals surface area contributed by atoms with E-state index < -0.39 is 17.7 Å². The molecule has 0 saturated carbocycles. The number of hydrogen-bond donors (Lipinski definition) is 3. The van der Waals surface area contributed by atoms with Crippen LogP contribution in [0, 0.1) is 0 Å². The van der Waals surface area contributed by atoms with Crippen LogP contribution in [0.1, 0.15) is 18.1 Å². The first-order valence-electron chi connectivity index (χ1n) is 8.13. The Hall–Kier alpha value is -3.68. The van der Waals surface area contributed by atoms with Gasteiger partial charge in [0.05, 0.1) is 5.71 Å². The lowest BCUT2D eigenvalue weighted by Crippen LogP contribution is -2.37. The Kier molecular flexibility index (Phi) is 7.07. The summed E-state index contributed by atoms with van der Waals surface area (Å²) in [5.41, 5.74) is 9.33. The van der Waals surface area contributed by atoms with E-state index in [2.05, 4.69) is 15.8 Å². The highest BCUT2D eigenvalue weighted by atomic mass is 16.5. The maximum Gasteiger partial charge on any atom is 0.329 e. The third-order valence-electron chi connectivity index (χ3n) is 3.48. The zero-order chi connectivity index (χ0) is 19.6. The molecule has 140 valence electrons. The number of carbonyl (C=O) groups excluding carboxylic acids is 3. The highest BCUT2D eigenvalue weighted by molar-refractivity contribution is 6.35. The number of hydrogen-bond acceptors (Lipinski definition) is 5. The summed E-state index contributed by atoms with van der Waals surface area (Å²) in [6.07, 6.45) is 0. The van der Waals surface area contributed by atoms with Crippen molar-refractivity contribution in [2.45, 2.75) is 13.5 Å². The van der Waals surface area contributed by atoms with Crippen molar-refractivity contribution in [3.05, 3.63) is 65.7 Å². The van der Waals surface area contributed by atoms with Crippen LogP contribution in [0.15, 0.2) is 59.7 Å². The van der Waals surface area contributed by atoms with Crippen LogP contribution in [0.3, 0.4) is 0 Å². The van der Waals surface area contributed by atoms with Crippen molar-refractivity contribution in [3.63, 3.8) is 0 Å². The number of nitrogens with two attached hydrogens (primary N) is 1. The lowest BCUT2D eigenvalue weighted by Gasteiger charge is -2.06. The van der Waals surface area contributed by atoms with Gasteiger partial charge < -0.3 is 15.8 Å². The summed E-state index contributed by atoms with van der Waals surface area (Å²) < 4.78 is 5.16. The normalized spacial score (nSPS) is 10.8. The minimum atomic E-state index is -0.855. The van der Waals surface area contributed by atoms with Crippen LogP contribution < -0.4 is 21.2 Å². The number of benzene rings is 2. The van der Waals surface area contributed by atoms with Crippen molar-refractivity contribution in [1.29, 1.82) is 0 Å². The molecule has 0 aromatic heterocycles. The molecule has 0 radical (unpaired) electrons. The number of nitrogens with one attached hydrogen (secondary N) is 2. The van der Waals surface area contributed by atoms with E-state index in [1.165, 1.54) is 0 Å². The first-order chi connectivity index (χ1) is 13.0. The largest absolute Gasteiger partial charge is 0.484 e. The average Bonchev–Trinajstić information content (AvgIpc) is 2.69. The second kappa shape index (κ2) is 9.71. The molecule has 3 amide bonds. The lowest BCUT2D eigenvalue weighted by atomic mass is 10.1. The highest BCUT2D eigenvalue weighted by Crippen LogP contribution is 2.12. The van der Waals surface area contributed by atoms with E-state index in [0.717, 1.165) is 5.56 Å². The first kappa shape index (κ1) is 19.6. The van der Waals surface area contributed by atoms with Crippen molar-refractivity contribution in [3.8, 4) is 5.75 Å². The van der Waals surface area contributed by atoms with E-state index in [-0.39, 0.29) is 13.2 Å². The molecule has 0 aliphatic heterocycles. The molecule has 0 unspecified atom stereocenters. The zero-order valence-corrected chi connectivity index (χ0v) is 14.8. The van der Waals surface area contributed by atoms with E-state index in [1.807, 2.05) is 30.3 Å². The van der Waals surface area contributed by atoms with Gasteiger partial charge in [-0.1, -0.05) is 30.3 Å². The molecule has 0 atom stereocenters. The highest BCUT2D eigenvalue weighted by Gasteiger charge is 2.12. The van der Waals surface area contributed by atoms with Crippen molar-refractivity contribution in [2.75, 3.05) is 6.61 Å². The predicted molar refractivity (Wildman–Crippen MR) is 99.8 cm³/mol. The molecule has 0 spiro atoms. The summed E-state index contributed by atoms with van der Waals surface area (Å²) in [7, 11) is 0. The monoisotopic (exact) mass is 368 g/mol. The third kappa shape index (κ3) is 6.62. The fourth-order valence-corrected chi connectivity index (χ4v) is 2.06. The number of carbonyl (C=O) groups is 3. The minimum absolute atomic E-state index is 0.208. The number of nitrogens with zero attached hydrogens (tertiary/aromatic N) is 1. The second-order valence-corrected chi connectivity index (χ2v) is 5.59. The number of primary amides is 1. The molecule has 2 rings (SSSR count). The molecule has 0 aliphatic carbocycles. The molecule has 0 saturated heterocycles. The number of amides is 3. The number of ether oxygens (including phenoxy) is 1. The van der Waals surface area contributed by atoms with Gasteiger partial charge in [-0.05, 0) is 42.3 Å². The van der Waals surface area contributed by atoms with Crippen LogP contribution in [0.5, 0.6) is 5.75 Å². The van der Waals surface area contributed by atoms with E-state index in [4.69, 9.17) is 10.5 Å². The molecule has 2 aromatic carbocycles. The summed E-state index contributed by atoms with van der Waals surface area (Å²) in [4.78, 5) is 34.3. The standard InChI is InChI=1S/C19H20N4O4/c1-13(15-7-9-16(10-8-15)27-12-17(20)24)22-23-19(26)18(25)21-11-14-5-3-2-4-6-14/h2-10H,11-12H2,1H3,(H2,20,24)(H,21,25)(H,23,26)/b22-13+. The smallest absolute Gasteiger partial charge is 0.329 e. The van der Waals surface area contributed by atoms with Gasteiger partial charge >= 0.3 is 11.8 Å². The van der Waals surface area contributed by atoms with Crippen LogP contribution in [-0.4, -0.2) is 30.0 Å². The van der Waals surface area contributed by atoms with E-state index in [0.29, 0.717) is 17.0 Å². The average molecular weight is 368 g/mol.